The van der Waals surface area contributed by atoms with Crippen LogP contribution >= 0.6 is 0 Å². The molecule has 1 heterocycles. The van der Waals surface area contributed by atoms with Gasteiger partial charge < -0.3 is 20.5 Å². The number of nitrogens with one attached hydrogen (secondary N) is 1. The van der Waals surface area contributed by atoms with Gasteiger partial charge in [-0.3, -0.25) is 0 Å². The van der Waals surface area contributed by atoms with Crippen LogP contribution in [0.2, 0.25) is 0 Å². The van der Waals surface area contributed by atoms with Crippen molar-refractivity contribution in [2.24, 2.45) is 5.73 Å². The molecule has 2 fully saturated rings. The Hall–Kier alpha value is -0.160. The van der Waals surface area contributed by atoms with Gasteiger partial charge in [-0.05, 0) is 38.8 Å². The smallest absolute Gasteiger partial charge is 0.168 e. The zero-order chi connectivity index (χ0) is 11.3. The lowest BCUT2D eigenvalue weighted by atomic mass is 9.90. The fourth-order valence-corrected chi connectivity index (χ4v) is 2.62. The minimum atomic E-state index is -0.213. The van der Waals surface area contributed by atoms with Gasteiger partial charge in [0, 0.05) is 18.9 Å². The van der Waals surface area contributed by atoms with Gasteiger partial charge in [-0.15, -0.1) is 0 Å². The molecule has 2 aliphatic rings. The predicted molar refractivity (Wildman–Crippen MR) is 63.2 cm³/mol. The van der Waals surface area contributed by atoms with Gasteiger partial charge in [-0.2, -0.15) is 0 Å². The zero-order valence-electron chi connectivity index (χ0n) is 10.0. The standard InChI is InChI=1S/C12H24N2O2/c13-7-1-2-8-14-11-3-5-12(6-4-11)15-9-10-16-12/h11,14H,1-10,13H2. The second-order valence-electron chi connectivity index (χ2n) is 4.83. The maximum absolute atomic E-state index is 5.71. The van der Waals surface area contributed by atoms with Crippen molar-refractivity contribution in [3.05, 3.63) is 0 Å². The number of ether oxygens (including phenoxy) is 2. The Morgan fingerprint density at radius 1 is 1.12 bits per heavy atom. The summed E-state index contributed by atoms with van der Waals surface area (Å²) in [6.45, 7) is 3.44. The van der Waals surface area contributed by atoms with Crippen molar-refractivity contribution in [3.8, 4) is 0 Å². The van der Waals surface area contributed by atoms with Gasteiger partial charge in [0.1, 0.15) is 0 Å². The maximum Gasteiger partial charge on any atom is 0.168 e. The largest absolute Gasteiger partial charge is 0.348 e. The fraction of sp³-hybridized carbons (Fsp3) is 1.00. The van der Waals surface area contributed by atoms with Crippen molar-refractivity contribution in [1.29, 1.82) is 0 Å². The van der Waals surface area contributed by atoms with Gasteiger partial charge >= 0.3 is 0 Å². The second kappa shape index (κ2) is 5.96. The summed E-state index contributed by atoms with van der Waals surface area (Å²) in [6.07, 6.45) is 6.73. The van der Waals surface area contributed by atoms with Crippen molar-refractivity contribution < 1.29 is 9.47 Å². The van der Waals surface area contributed by atoms with Gasteiger partial charge in [0.25, 0.3) is 0 Å². The Kier molecular flexibility index (Phi) is 4.58. The minimum absolute atomic E-state index is 0.213. The monoisotopic (exact) mass is 228 g/mol. The Balaban J connectivity index is 1.61. The molecule has 94 valence electrons. The molecule has 0 radical (unpaired) electrons. The number of rotatable bonds is 5. The summed E-state index contributed by atoms with van der Waals surface area (Å²) in [6, 6.07) is 0.649. The average molecular weight is 228 g/mol. The first kappa shape index (κ1) is 12.3. The van der Waals surface area contributed by atoms with Crippen LogP contribution in [0.1, 0.15) is 38.5 Å². The molecule has 4 heteroatoms. The van der Waals surface area contributed by atoms with Crippen molar-refractivity contribution in [2.75, 3.05) is 26.3 Å². The Labute approximate surface area is 97.9 Å². The van der Waals surface area contributed by atoms with E-state index in [0.717, 1.165) is 45.6 Å². The van der Waals surface area contributed by atoms with E-state index in [1.165, 1.54) is 19.3 Å². The molecule has 1 saturated heterocycles. The SMILES string of the molecule is NCCCCNC1CCC2(CC1)OCCO2. The van der Waals surface area contributed by atoms with E-state index in [1.807, 2.05) is 0 Å². The summed E-state index contributed by atoms with van der Waals surface area (Å²) in [5.41, 5.74) is 5.47. The molecule has 1 aliphatic heterocycles. The summed E-state index contributed by atoms with van der Waals surface area (Å²) in [7, 11) is 0. The third-order valence-electron chi connectivity index (χ3n) is 3.62. The summed E-state index contributed by atoms with van der Waals surface area (Å²) < 4.78 is 11.4. The lowest BCUT2D eigenvalue weighted by molar-refractivity contribution is -0.179. The Morgan fingerprint density at radius 2 is 1.81 bits per heavy atom. The topological polar surface area (TPSA) is 56.5 Å². The molecule has 0 aromatic carbocycles. The van der Waals surface area contributed by atoms with Crippen molar-refractivity contribution in [2.45, 2.75) is 50.4 Å². The molecular formula is C12H24N2O2. The lowest BCUT2D eigenvalue weighted by Gasteiger charge is -2.35. The zero-order valence-corrected chi connectivity index (χ0v) is 10.0. The molecule has 0 unspecified atom stereocenters. The molecule has 1 spiro atoms. The lowest BCUT2D eigenvalue weighted by Crippen LogP contribution is -2.42. The van der Waals surface area contributed by atoms with E-state index in [1.54, 1.807) is 0 Å². The molecule has 3 N–H and O–H groups in total. The molecule has 0 aromatic rings. The number of hydrogen-bond acceptors (Lipinski definition) is 4. The fourth-order valence-electron chi connectivity index (χ4n) is 2.62. The van der Waals surface area contributed by atoms with Crippen LogP contribution in [0.15, 0.2) is 0 Å². The highest BCUT2D eigenvalue weighted by molar-refractivity contribution is 4.85. The van der Waals surface area contributed by atoms with Crippen molar-refractivity contribution >= 4 is 0 Å². The molecule has 0 amide bonds. The van der Waals surface area contributed by atoms with E-state index in [-0.39, 0.29) is 5.79 Å². The molecule has 1 aliphatic carbocycles. The molecule has 16 heavy (non-hydrogen) atoms. The molecule has 0 aromatic heterocycles. The van der Waals surface area contributed by atoms with E-state index in [4.69, 9.17) is 15.2 Å². The van der Waals surface area contributed by atoms with Crippen LogP contribution in [0.3, 0.4) is 0 Å². The van der Waals surface area contributed by atoms with Crippen LogP contribution in [0.25, 0.3) is 0 Å². The molecule has 0 atom stereocenters. The third-order valence-corrected chi connectivity index (χ3v) is 3.62. The van der Waals surface area contributed by atoms with Crippen LogP contribution in [0.5, 0.6) is 0 Å². The average Bonchev–Trinajstić information content (AvgIpc) is 2.76. The van der Waals surface area contributed by atoms with E-state index in [0.29, 0.717) is 6.04 Å². The first-order chi connectivity index (χ1) is 7.85. The number of nitrogens with two attached hydrogens (primary N) is 1. The van der Waals surface area contributed by atoms with Crippen LogP contribution in [-0.4, -0.2) is 38.1 Å². The highest BCUT2D eigenvalue weighted by Crippen LogP contribution is 2.35. The Bertz CT molecular complexity index is 195. The van der Waals surface area contributed by atoms with Gasteiger partial charge in [-0.1, -0.05) is 0 Å². The summed E-state index contributed by atoms with van der Waals surface area (Å²) >= 11 is 0. The van der Waals surface area contributed by atoms with E-state index < -0.39 is 0 Å². The normalized spacial score (nSPS) is 25.3. The van der Waals surface area contributed by atoms with Gasteiger partial charge in [0.05, 0.1) is 13.2 Å². The minimum Gasteiger partial charge on any atom is -0.348 e. The Morgan fingerprint density at radius 3 is 2.44 bits per heavy atom. The maximum atomic E-state index is 5.71. The van der Waals surface area contributed by atoms with Gasteiger partial charge in [0.15, 0.2) is 5.79 Å². The third kappa shape index (κ3) is 3.17. The predicted octanol–water partition coefficient (Wildman–Crippen LogP) is 1.00. The van der Waals surface area contributed by atoms with Crippen LogP contribution in [0.4, 0.5) is 0 Å². The second-order valence-corrected chi connectivity index (χ2v) is 4.83. The van der Waals surface area contributed by atoms with Crippen LogP contribution < -0.4 is 11.1 Å². The number of unbranched alkanes of at least 4 members (excludes halogenated alkanes) is 1. The molecule has 0 bridgehead atoms. The summed E-state index contributed by atoms with van der Waals surface area (Å²) in [4.78, 5) is 0. The highest BCUT2D eigenvalue weighted by Gasteiger charge is 2.39. The summed E-state index contributed by atoms with van der Waals surface area (Å²) in [5, 5.41) is 3.60. The summed E-state index contributed by atoms with van der Waals surface area (Å²) in [5.74, 6) is -0.213. The molecule has 4 nitrogen and oxygen atoms in total. The first-order valence-corrected chi connectivity index (χ1v) is 6.56. The van der Waals surface area contributed by atoms with Crippen molar-refractivity contribution in [3.63, 3.8) is 0 Å². The van der Waals surface area contributed by atoms with Crippen LogP contribution in [-0.2, 0) is 9.47 Å². The molecule has 1 saturated carbocycles. The quantitative estimate of drug-likeness (QED) is 0.689. The van der Waals surface area contributed by atoms with Gasteiger partial charge in [-0.25, -0.2) is 0 Å². The molecule has 2 rings (SSSR count). The highest BCUT2D eigenvalue weighted by atomic mass is 16.7. The van der Waals surface area contributed by atoms with E-state index in [9.17, 15) is 0 Å². The van der Waals surface area contributed by atoms with Crippen molar-refractivity contribution in [1.82, 2.24) is 5.32 Å². The van der Waals surface area contributed by atoms with Crippen LogP contribution in [0, 0.1) is 0 Å². The molecular weight excluding hydrogens is 204 g/mol. The van der Waals surface area contributed by atoms with E-state index >= 15 is 0 Å². The number of hydrogen-bond donors (Lipinski definition) is 2. The van der Waals surface area contributed by atoms with Gasteiger partial charge in [0.2, 0.25) is 0 Å². The first-order valence-electron chi connectivity index (χ1n) is 6.56. The van der Waals surface area contributed by atoms with E-state index in [2.05, 4.69) is 5.32 Å².